The summed E-state index contributed by atoms with van der Waals surface area (Å²) in [6.07, 6.45) is 0.443. The number of rotatable bonds is 6. The van der Waals surface area contributed by atoms with Gasteiger partial charge in [0.1, 0.15) is 0 Å². The summed E-state index contributed by atoms with van der Waals surface area (Å²) in [5, 5.41) is 0. The molecule has 6 nitrogen and oxygen atoms in total. The maximum absolute atomic E-state index is 12.9. The Morgan fingerprint density at radius 3 is 2.52 bits per heavy atom. The number of carbonyl (C=O) groups excluding carboxylic acids is 1. The molecule has 25 heavy (non-hydrogen) atoms. The van der Waals surface area contributed by atoms with E-state index in [4.69, 9.17) is 9.47 Å². The second kappa shape index (κ2) is 8.29. The number of ether oxygens (including phenoxy) is 2. The SMILES string of the molecule is CC(C)CCOC(=O)c1cccc(S(=O)(=O)N2CC(C)OC(C)C2)c1. The minimum absolute atomic E-state index is 0.104. The van der Waals surface area contributed by atoms with Crippen LogP contribution in [0.5, 0.6) is 0 Å². The van der Waals surface area contributed by atoms with Gasteiger partial charge in [0.15, 0.2) is 0 Å². The number of carbonyl (C=O) groups is 1. The van der Waals surface area contributed by atoms with Crippen LogP contribution in [0.15, 0.2) is 29.2 Å². The van der Waals surface area contributed by atoms with E-state index in [0.29, 0.717) is 25.6 Å². The van der Waals surface area contributed by atoms with Crippen molar-refractivity contribution in [2.45, 2.75) is 51.2 Å². The van der Waals surface area contributed by atoms with E-state index >= 15 is 0 Å². The predicted molar refractivity (Wildman–Crippen MR) is 94.9 cm³/mol. The predicted octanol–water partition coefficient (Wildman–Crippen LogP) is 2.69. The van der Waals surface area contributed by atoms with Crippen LogP contribution in [-0.4, -0.2) is 50.6 Å². The third kappa shape index (κ3) is 5.26. The van der Waals surface area contributed by atoms with E-state index < -0.39 is 16.0 Å². The first-order valence-corrected chi connectivity index (χ1v) is 10.1. The highest BCUT2D eigenvalue weighted by atomic mass is 32.2. The van der Waals surface area contributed by atoms with Crippen LogP contribution >= 0.6 is 0 Å². The van der Waals surface area contributed by atoms with Crippen LogP contribution in [0.25, 0.3) is 0 Å². The molecule has 0 bridgehead atoms. The van der Waals surface area contributed by atoms with Crippen molar-refractivity contribution in [1.82, 2.24) is 4.31 Å². The normalized spacial score (nSPS) is 22.1. The molecule has 7 heteroatoms. The standard InChI is InChI=1S/C18H27NO5S/c1-13(2)8-9-23-18(20)16-6-5-7-17(10-16)25(21,22)19-11-14(3)24-15(4)12-19/h5-7,10,13-15H,8-9,11-12H2,1-4H3. The molecule has 0 N–H and O–H groups in total. The molecule has 1 aromatic rings. The van der Waals surface area contributed by atoms with E-state index in [1.807, 2.05) is 27.7 Å². The van der Waals surface area contributed by atoms with E-state index in [-0.39, 0.29) is 22.7 Å². The maximum Gasteiger partial charge on any atom is 0.338 e. The largest absolute Gasteiger partial charge is 0.462 e. The summed E-state index contributed by atoms with van der Waals surface area (Å²) >= 11 is 0. The van der Waals surface area contributed by atoms with Crippen molar-refractivity contribution >= 4 is 16.0 Å². The number of morpholine rings is 1. The van der Waals surface area contributed by atoms with E-state index in [1.54, 1.807) is 12.1 Å². The molecule has 1 heterocycles. The Kier molecular flexibility index (Phi) is 6.59. The summed E-state index contributed by atoms with van der Waals surface area (Å²) in [5.41, 5.74) is 0.249. The van der Waals surface area contributed by atoms with Gasteiger partial charge in [-0.15, -0.1) is 0 Å². The topological polar surface area (TPSA) is 72.9 Å². The van der Waals surface area contributed by atoms with Gasteiger partial charge in [0.25, 0.3) is 0 Å². The molecule has 0 aromatic heterocycles. The minimum Gasteiger partial charge on any atom is -0.462 e. The number of benzene rings is 1. The van der Waals surface area contributed by atoms with Gasteiger partial charge in [-0.3, -0.25) is 0 Å². The molecule has 1 saturated heterocycles. The second-order valence-corrected chi connectivity index (χ2v) is 8.86. The van der Waals surface area contributed by atoms with Crippen molar-refractivity contribution in [3.63, 3.8) is 0 Å². The van der Waals surface area contributed by atoms with Crippen LogP contribution in [0, 0.1) is 5.92 Å². The molecule has 0 radical (unpaired) electrons. The lowest BCUT2D eigenvalue weighted by Gasteiger charge is -2.34. The number of esters is 1. The number of sulfonamides is 1. The molecule has 1 aromatic carbocycles. The lowest BCUT2D eigenvalue weighted by atomic mass is 10.1. The quantitative estimate of drug-likeness (QED) is 0.721. The molecule has 0 saturated carbocycles. The monoisotopic (exact) mass is 369 g/mol. The summed E-state index contributed by atoms with van der Waals surface area (Å²) in [4.78, 5) is 12.2. The summed E-state index contributed by atoms with van der Waals surface area (Å²) in [7, 11) is -3.67. The summed E-state index contributed by atoms with van der Waals surface area (Å²) in [6.45, 7) is 8.72. The molecule has 1 aliphatic heterocycles. The number of nitrogens with zero attached hydrogens (tertiary/aromatic N) is 1. The average Bonchev–Trinajstić information content (AvgIpc) is 2.53. The lowest BCUT2D eigenvalue weighted by molar-refractivity contribution is -0.0440. The van der Waals surface area contributed by atoms with Gasteiger partial charge < -0.3 is 9.47 Å². The zero-order valence-electron chi connectivity index (χ0n) is 15.3. The van der Waals surface area contributed by atoms with Crippen LogP contribution in [0.3, 0.4) is 0 Å². The summed E-state index contributed by atoms with van der Waals surface area (Å²) in [5.74, 6) is -0.0637. The van der Waals surface area contributed by atoms with Crippen molar-refractivity contribution in [3.05, 3.63) is 29.8 Å². The molecule has 0 amide bonds. The van der Waals surface area contributed by atoms with E-state index in [1.165, 1.54) is 16.4 Å². The Balaban J connectivity index is 2.15. The highest BCUT2D eigenvalue weighted by molar-refractivity contribution is 7.89. The van der Waals surface area contributed by atoms with Crippen molar-refractivity contribution in [1.29, 1.82) is 0 Å². The lowest BCUT2D eigenvalue weighted by Crippen LogP contribution is -2.48. The first kappa shape index (κ1) is 19.9. The molecular weight excluding hydrogens is 342 g/mol. The smallest absolute Gasteiger partial charge is 0.338 e. The maximum atomic E-state index is 12.9. The average molecular weight is 369 g/mol. The number of hydrogen-bond acceptors (Lipinski definition) is 5. The Morgan fingerprint density at radius 2 is 1.92 bits per heavy atom. The first-order chi connectivity index (χ1) is 11.7. The fourth-order valence-corrected chi connectivity index (χ4v) is 4.37. The highest BCUT2D eigenvalue weighted by Crippen LogP contribution is 2.22. The van der Waals surface area contributed by atoms with Gasteiger partial charge in [-0.05, 0) is 44.4 Å². The van der Waals surface area contributed by atoms with Crippen LogP contribution < -0.4 is 0 Å². The van der Waals surface area contributed by atoms with Gasteiger partial charge >= 0.3 is 5.97 Å². The fourth-order valence-electron chi connectivity index (χ4n) is 2.73. The molecule has 0 aliphatic carbocycles. The van der Waals surface area contributed by atoms with Gasteiger partial charge in [-0.1, -0.05) is 19.9 Å². The van der Waals surface area contributed by atoms with Gasteiger partial charge in [0.2, 0.25) is 10.0 Å². The first-order valence-electron chi connectivity index (χ1n) is 8.63. The van der Waals surface area contributed by atoms with E-state index in [2.05, 4.69) is 0 Å². The summed E-state index contributed by atoms with van der Waals surface area (Å²) in [6, 6.07) is 6.03. The van der Waals surface area contributed by atoms with Crippen molar-refractivity contribution < 1.29 is 22.7 Å². The number of hydrogen-bond donors (Lipinski definition) is 0. The molecule has 2 rings (SSSR count). The van der Waals surface area contributed by atoms with Crippen LogP contribution in [0.4, 0.5) is 0 Å². The minimum atomic E-state index is -3.67. The van der Waals surface area contributed by atoms with E-state index in [0.717, 1.165) is 6.42 Å². The molecule has 140 valence electrons. The molecule has 1 aliphatic rings. The third-order valence-corrected chi connectivity index (χ3v) is 5.85. The Bertz CT molecular complexity index is 691. The van der Waals surface area contributed by atoms with Crippen molar-refractivity contribution in [3.8, 4) is 0 Å². The molecule has 0 spiro atoms. The molecule has 2 unspecified atom stereocenters. The summed E-state index contributed by atoms with van der Waals surface area (Å²) < 4.78 is 38.0. The van der Waals surface area contributed by atoms with Crippen LogP contribution in [0.2, 0.25) is 0 Å². The van der Waals surface area contributed by atoms with Gasteiger partial charge in [-0.2, -0.15) is 4.31 Å². The van der Waals surface area contributed by atoms with Crippen LogP contribution in [-0.2, 0) is 19.5 Å². The fraction of sp³-hybridized carbons (Fsp3) is 0.611. The third-order valence-electron chi connectivity index (χ3n) is 4.02. The Labute approximate surface area is 150 Å². The van der Waals surface area contributed by atoms with Gasteiger partial charge in [-0.25, -0.2) is 13.2 Å². The van der Waals surface area contributed by atoms with Gasteiger partial charge in [0.05, 0.1) is 29.3 Å². The zero-order chi connectivity index (χ0) is 18.6. The molecular formula is C18H27NO5S. The molecule has 2 atom stereocenters. The second-order valence-electron chi connectivity index (χ2n) is 6.93. The van der Waals surface area contributed by atoms with Gasteiger partial charge in [0, 0.05) is 13.1 Å². The van der Waals surface area contributed by atoms with Crippen molar-refractivity contribution in [2.75, 3.05) is 19.7 Å². The Hall–Kier alpha value is -1.44. The van der Waals surface area contributed by atoms with Crippen molar-refractivity contribution in [2.24, 2.45) is 5.92 Å². The zero-order valence-corrected chi connectivity index (χ0v) is 16.1. The molecule has 1 fully saturated rings. The van der Waals surface area contributed by atoms with E-state index in [9.17, 15) is 13.2 Å². The Morgan fingerprint density at radius 1 is 1.28 bits per heavy atom. The van der Waals surface area contributed by atoms with Crippen LogP contribution in [0.1, 0.15) is 44.5 Å². The highest BCUT2D eigenvalue weighted by Gasteiger charge is 2.32.